The fraction of sp³-hybridized carbons (Fsp3) is 0. The Labute approximate surface area is 259 Å². The van der Waals surface area contributed by atoms with Crippen molar-refractivity contribution in [3.05, 3.63) is 158 Å². The zero-order chi connectivity index (χ0) is 29.7. The lowest BCUT2D eigenvalue weighted by atomic mass is 9.96. The Balaban J connectivity index is 1.16. The molecule has 3 heterocycles. The van der Waals surface area contributed by atoms with Crippen molar-refractivity contribution in [2.45, 2.75) is 0 Å². The first-order chi connectivity index (χ1) is 22.3. The quantitative estimate of drug-likeness (QED) is 0.196. The molecular formula is C41H26N4. The maximum atomic E-state index is 5.17. The summed E-state index contributed by atoms with van der Waals surface area (Å²) in [7, 11) is 0. The summed E-state index contributed by atoms with van der Waals surface area (Å²) in [4.78, 5) is 15.4. The highest BCUT2D eigenvalue weighted by atomic mass is 15.1. The van der Waals surface area contributed by atoms with E-state index in [2.05, 4.69) is 144 Å². The molecule has 6 aromatic carbocycles. The molecule has 0 atom stereocenters. The van der Waals surface area contributed by atoms with Crippen LogP contribution in [0.3, 0.4) is 0 Å². The second kappa shape index (κ2) is 10.2. The zero-order valence-electron chi connectivity index (χ0n) is 24.3. The molecule has 4 heteroatoms. The number of aromatic nitrogens is 4. The van der Waals surface area contributed by atoms with Gasteiger partial charge >= 0.3 is 0 Å². The Morgan fingerprint density at radius 3 is 1.96 bits per heavy atom. The van der Waals surface area contributed by atoms with Crippen LogP contribution in [0.15, 0.2) is 158 Å². The van der Waals surface area contributed by atoms with Crippen molar-refractivity contribution < 1.29 is 0 Å². The van der Waals surface area contributed by atoms with Gasteiger partial charge in [0.1, 0.15) is 5.82 Å². The number of hydrogen-bond donors (Lipinski definition) is 0. The highest BCUT2D eigenvalue weighted by molar-refractivity contribution is 6.22. The molecule has 0 aliphatic carbocycles. The van der Waals surface area contributed by atoms with Crippen LogP contribution >= 0.6 is 0 Å². The van der Waals surface area contributed by atoms with E-state index in [0.717, 1.165) is 67.0 Å². The zero-order valence-corrected chi connectivity index (χ0v) is 24.3. The minimum Gasteiger partial charge on any atom is -0.292 e. The summed E-state index contributed by atoms with van der Waals surface area (Å²) in [6.45, 7) is 0. The summed E-state index contributed by atoms with van der Waals surface area (Å²) < 4.78 is 2.23. The summed E-state index contributed by atoms with van der Waals surface area (Å²) in [6.07, 6.45) is 0. The number of hydrogen-bond acceptors (Lipinski definition) is 3. The average molecular weight is 575 g/mol. The van der Waals surface area contributed by atoms with E-state index in [1.807, 2.05) is 18.2 Å². The SMILES string of the molecule is c1ccc(-n2c(-c3ccc(-c4cccc(-c5nc6ccccc6c6c5ccc5ccccc56)n4)cc3)nc3ccccc32)cc1. The summed E-state index contributed by atoms with van der Waals surface area (Å²) in [5.74, 6) is 0.912. The van der Waals surface area contributed by atoms with Crippen molar-refractivity contribution in [2.75, 3.05) is 0 Å². The molecular weight excluding hydrogens is 548 g/mol. The van der Waals surface area contributed by atoms with Gasteiger partial charge in [-0.15, -0.1) is 0 Å². The molecule has 0 unspecified atom stereocenters. The molecule has 0 spiro atoms. The summed E-state index contributed by atoms with van der Waals surface area (Å²) in [5, 5.41) is 5.91. The number of benzene rings is 6. The highest BCUT2D eigenvalue weighted by Gasteiger charge is 2.16. The largest absolute Gasteiger partial charge is 0.292 e. The van der Waals surface area contributed by atoms with Gasteiger partial charge in [-0.25, -0.2) is 15.0 Å². The second-order valence-corrected chi connectivity index (χ2v) is 11.3. The van der Waals surface area contributed by atoms with Crippen molar-refractivity contribution in [1.82, 2.24) is 19.5 Å². The lowest BCUT2D eigenvalue weighted by Gasteiger charge is -2.13. The first-order valence-electron chi connectivity index (χ1n) is 15.1. The van der Waals surface area contributed by atoms with E-state index < -0.39 is 0 Å². The van der Waals surface area contributed by atoms with Gasteiger partial charge in [-0.05, 0) is 53.2 Å². The van der Waals surface area contributed by atoms with E-state index >= 15 is 0 Å². The Kier molecular flexibility index (Phi) is 5.78. The van der Waals surface area contributed by atoms with Crippen LogP contribution in [0.25, 0.3) is 83.2 Å². The number of rotatable bonds is 4. The van der Waals surface area contributed by atoms with Crippen LogP contribution in [0.5, 0.6) is 0 Å². The second-order valence-electron chi connectivity index (χ2n) is 11.3. The van der Waals surface area contributed by atoms with Crippen molar-refractivity contribution in [1.29, 1.82) is 0 Å². The van der Waals surface area contributed by atoms with Gasteiger partial charge in [0.15, 0.2) is 0 Å². The van der Waals surface area contributed by atoms with E-state index in [4.69, 9.17) is 15.0 Å². The first kappa shape index (κ1) is 25.4. The Hall–Kier alpha value is -6.13. The van der Waals surface area contributed by atoms with Gasteiger partial charge in [-0.2, -0.15) is 0 Å². The molecule has 210 valence electrons. The Bertz CT molecular complexity index is 2510. The fourth-order valence-electron chi connectivity index (χ4n) is 6.49. The van der Waals surface area contributed by atoms with Crippen LogP contribution < -0.4 is 0 Å². The van der Waals surface area contributed by atoms with Gasteiger partial charge in [0, 0.05) is 33.0 Å². The third-order valence-corrected chi connectivity index (χ3v) is 8.60. The van der Waals surface area contributed by atoms with E-state index in [-0.39, 0.29) is 0 Å². The molecule has 9 rings (SSSR count). The van der Waals surface area contributed by atoms with Crippen LogP contribution in [0.1, 0.15) is 0 Å². The van der Waals surface area contributed by atoms with Crippen molar-refractivity contribution >= 4 is 43.5 Å². The molecule has 0 aliphatic heterocycles. The maximum absolute atomic E-state index is 5.17. The molecule has 0 saturated carbocycles. The highest BCUT2D eigenvalue weighted by Crippen LogP contribution is 2.37. The predicted octanol–water partition coefficient (Wildman–Crippen LogP) is 10.3. The minimum atomic E-state index is 0.855. The van der Waals surface area contributed by atoms with Gasteiger partial charge in [-0.3, -0.25) is 4.57 Å². The summed E-state index contributed by atoms with van der Waals surface area (Å²) in [5.41, 5.74) is 8.84. The predicted molar refractivity (Wildman–Crippen MR) is 185 cm³/mol. The molecule has 3 aromatic heterocycles. The Morgan fingerprint density at radius 1 is 0.400 bits per heavy atom. The standard InChI is InChI=1S/C41H26N4/c1-2-12-30(13-3-1)45-38-20-9-8-17-36(38)44-41(45)29-23-21-28(22-24-29)34-18-10-19-37(42-34)40-33-26-25-27-11-4-5-14-31(27)39(33)32-15-6-7-16-35(32)43-40/h1-26H. The number of nitrogens with zero attached hydrogens (tertiary/aromatic N) is 4. The van der Waals surface area contributed by atoms with E-state index in [1.165, 1.54) is 16.2 Å². The number of pyridine rings is 2. The summed E-state index contributed by atoms with van der Waals surface area (Å²) in [6, 6.07) is 54.8. The van der Waals surface area contributed by atoms with Crippen LogP contribution in [0.2, 0.25) is 0 Å². The Morgan fingerprint density at radius 2 is 1.09 bits per heavy atom. The van der Waals surface area contributed by atoms with Gasteiger partial charge in [0.2, 0.25) is 0 Å². The molecule has 0 aliphatic rings. The third kappa shape index (κ3) is 4.19. The molecule has 0 bridgehead atoms. The van der Waals surface area contributed by atoms with Gasteiger partial charge in [-0.1, -0.05) is 115 Å². The minimum absolute atomic E-state index is 0.855. The molecule has 0 fully saturated rings. The van der Waals surface area contributed by atoms with E-state index in [9.17, 15) is 0 Å². The molecule has 0 radical (unpaired) electrons. The normalized spacial score (nSPS) is 11.6. The van der Waals surface area contributed by atoms with Gasteiger partial charge < -0.3 is 0 Å². The first-order valence-corrected chi connectivity index (χ1v) is 15.1. The van der Waals surface area contributed by atoms with Crippen LogP contribution in [0, 0.1) is 0 Å². The van der Waals surface area contributed by atoms with E-state index in [1.54, 1.807) is 0 Å². The molecule has 0 amide bonds. The van der Waals surface area contributed by atoms with Crippen LogP contribution in [0.4, 0.5) is 0 Å². The summed E-state index contributed by atoms with van der Waals surface area (Å²) >= 11 is 0. The van der Waals surface area contributed by atoms with Crippen molar-refractivity contribution in [2.24, 2.45) is 0 Å². The van der Waals surface area contributed by atoms with Gasteiger partial charge in [0.05, 0.1) is 33.6 Å². The smallest absolute Gasteiger partial charge is 0.145 e. The molecule has 45 heavy (non-hydrogen) atoms. The van der Waals surface area contributed by atoms with Crippen LogP contribution in [-0.4, -0.2) is 19.5 Å². The topological polar surface area (TPSA) is 43.6 Å². The molecule has 0 N–H and O–H groups in total. The molecule has 4 nitrogen and oxygen atoms in total. The molecule has 9 aromatic rings. The molecule has 0 saturated heterocycles. The van der Waals surface area contributed by atoms with Crippen molar-refractivity contribution in [3.63, 3.8) is 0 Å². The fourth-order valence-corrected chi connectivity index (χ4v) is 6.49. The lowest BCUT2D eigenvalue weighted by Crippen LogP contribution is -1.97. The van der Waals surface area contributed by atoms with Crippen LogP contribution in [-0.2, 0) is 0 Å². The number of para-hydroxylation sites is 4. The monoisotopic (exact) mass is 574 g/mol. The van der Waals surface area contributed by atoms with Gasteiger partial charge in [0.25, 0.3) is 0 Å². The number of imidazole rings is 1. The lowest BCUT2D eigenvalue weighted by molar-refractivity contribution is 1.10. The third-order valence-electron chi connectivity index (χ3n) is 8.60. The van der Waals surface area contributed by atoms with Crippen molar-refractivity contribution in [3.8, 4) is 39.7 Å². The maximum Gasteiger partial charge on any atom is 0.145 e. The average Bonchev–Trinajstić information content (AvgIpc) is 3.51. The number of fused-ring (bicyclic) bond motifs is 6. The van der Waals surface area contributed by atoms with E-state index in [0.29, 0.717) is 0 Å².